The van der Waals surface area contributed by atoms with Crippen molar-refractivity contribution < 1.29 is 0 Å². The van der Waals surface area contributed by atoms with Crippen LogP contribution >= 0.6 is 0 Å². The fraction of sp³-hybridized carbons (Fsp3) is 0.273. The third-order valence-electron chi connectivity index (χ3n) is 2.79. The van der Waals surface area contributed by atoms with Gasteiger partial charge in [0.15, 0.2) is 0 Å². The molecule has 1 aromatic heterocycles. The summed E-state index contributed by atoms with van der Waals surface area (Å²) in [7, 11) is 0. The zero-order chi connectivity index (χ0) is 9.54. The SMILES string of the molecule is O=c1ncc2cccc3c2n1CCC3. The van der Waals surface area contributed by atoms with Crippen LogP contribution < -0.4 is 5.69 Å². The molecule has 14 heavy (non-hydrogen) atoms. The third-order valence-corrected chi connectivity index (χ3v) is 2.79. The van der Waals surface area contributed by atoms with Crippen molar-refractivity contribution in [3.63, 3.8) is 0 Å². The predicted octanol–water partition coefficient (Wildman–Crippen LogP) is 1.34. The van der Waals surface area contributed by atoms with Crippen LogP contribution in [0.4, 0.5) is 0 Å². The number of aryl methyl sites for hydroxylation is 2. The summed E-state index contributed by atoms with van der Waals surface area (Å²) in [6.45, 7) is 0.806. The molecule has 0 N–H and O–H groups in total. The Kier molecular flexibility index (Phi) is 1.48. The summed E-state index contributed by atoms with van der Waals surface area (Å²) in [5, 5.41) is 1.07. The van der Waals surface area contributed by atoms with Gasteiger partial charge in [-0.25, -0.2) is 9.78 Å². The summed E-state index contributed by atoms with van der Waals surface area (Å²) in [6.07, 6.45) is 3.78. The van der Waals surface area contributed by atoms with E-state index in [4.69, 9.17) is 0 Å². The minimum atomic E-state index is -0.121. The molecule has 70 valence electrons. The van der Waals surface area contributed by atoms with Crippen molar-refractivity contribution in [3.05, 3.63) is 40.4 Å². The maximum absolute atomic E-state index is 11.5. The number of aromatic nitrogens is 2. The highest BCUT2D eigenvalue weighted by atomic mass is 16.1. The van der Waals surface area contributed by atoms with E-state index in [0.29, 0.717) is 0 Å². The van der Waals surface area contributed by atoms with Crippen LogP contribution in [0.15, 0.2) is 29.2 Å². The Hall–Kier alpha value is -1.64. The summed E-state index contributed by atoms with van der Waals surface area (Å²) < 4.78 is 1.79. The minimum Gasteiger partial charge on any atom is -0.292 e. The lowest BCUT2D eigenvalue weighted by atomic mass is 10.0. The van der Waals surface area contributed by atoms with E-state index in [1.165, 1.54) is 5.56 Å². The Balaban J connectivity index is 2.57. The molecule has 0 aliphatic carbocycles. The van der Waals surface area contributed by atoms with Gasteiger partial charge in [0, 0.05) is 18.1 Å². The van der Waals surface area contributed by atoms with Crippen LogP contribution in [0.3, 0.4) is 0 Å². The second-order valence-electron chi connectivity index (χ2n) is 3.65. The zero-order valence-electron chi connectivity index (χ0n) is 7.73. The monoisotopic (exact) mass is 186 g/mol. The smallest absolute Gasteiger partial charge is 0.292 e. The van der Waals surface area contributed by atoms with Crippen LogP contribution in [0.2, 0.25) is 0 Å². The Labute approximate surface area is 81.0 Å². The molecule has 0 unspecified atom stereocenters. The van der Waals surface area contributed by atoms with Gasteiger partial charge in [0.2, 0.25) is 0 Å². The van der Waals surface area contributed by atoms with Crippen molar-refractivity contribution in [1.29, 1.82) is 0 Å². The van der Waals surface area contributed by atoms with Gasteiger partial charge in [-0.2, -0.15) is 0 Å². The van der Waals surface area contributed by atoms with Crippen LogP contribution in [0.5, 0.6) is 0 Å². The summed E-state index contributed by atoms with van der Waals surface area (Å²) in [6, 6.07) is 6.13. The molecule has 0 saturated heterocycles. The average molecular weight is 186 g/mol. The molecule has 0 saturated carbocycles. The lowest BCUT2D eigenvalue weighted by molar-refractivity contribution is 0.603. The number of hydrogen-bond donors (Lipinski definition) is 0. The van der Waals surface area contributed by atoms with E-state index in [2.05, 4.69) is 11.1 Å². The van der Waals surface area contributed by atoms with Crippen LogP contribution in [0.25, 0.3) is 10.9 Å². The van der Waals surface area contributed by atoms with Gasteiger partial charge < -0.3 is 0 Å². The van der Waals surface area contributed by atoms with E-state index in [-0.39, 0.29) is 5.69 Å². The third kappa shape index (κ3) is 0.923. The van der Waals surface area contributed by atoms with E-state index < -0.39 is 0 Å². The zero-order valence-corrected chi connectivity index (χ0v) is 7.73. The van der Waals surface area contributed by atoms with Gasteiger partial charge in [0.25, 0.3) is 0 Å². The fourth-order valence-electron chi connectivity index (χ4n) is 2.17. The molecule has 1 aliphatic heterocycles. The van der Waals surface area contributed by atoms with E-state index in [1.807, 2.05) is 12.1 Å². The summed E-state index contributed by atoms with van der Waals surface area (Å²) >= 11 is 0. The lowest BCUT2D eigenvalue weighted by Crippen LogP contribution is -2.26. The molecule has 0 atom stereocenters. The van der Waals surface area contributed by atoms with E-state index in [1.54, 1.807) is 10.8 Å². The van der Waals surface area contributed by atoms with E-state index >= 15 is 0 Å². The summed E-state index contributed by atoms with van der Waals surface area (Å²) in [5.41, 5.74) is 2.23. The Morgan fingerprint density at radius 3 is 3.21 bits per heavy atom. The summed E-state index contributed by atoms with van der Waals surface area (Å²) in [5.74, 6) is 0. The van der Waals surface area contributed by atoms with Crippen LogP contribution in [0, 0.1) is 0 Å². The van der Waals surface area contributed by atoms with E-state index in [0.717, 1.165) is 30.3 Å². The molecule has 2 aromatic rings. The second-order valence-corrected chi connectivity index (χ2v) is 3.65. The van der Waals surface area contributed by atoms with Crippen molar-refractivity contribution in [2.45, 2.75) is 19.4 Å². The highest BCUT2D eigenvalue weighted by Gasteiger charge is 2.12. The van der Waals surface area contributed by atoms with Gasteiger partial charge in [0.05, 0.1) is 5.52 Å². The number of nitrogens with zero attached hydrogens (tertiary/aromatic N) is 2. The minimum absolute atomic E-state index is 0.121. The Morgan fingerprint density at radius 2 is 2.29 bits per heavy atom. The first-order valence-corrected chi connectivity index (χ1v) is 4.84. The Bertz CT molecular complexity index is 557. The molecule has 0 fully saturated rings. The molecule has 1 aliphatic rings. The topological polar surface area (TPSA) is 34.9 Å². The molecule has 3 heteroatoms. The number of benzene rings is 1. The molecular weight excluding hydrogens is 176 g/mol. The molecule has 1 aromatic carbocycles. The molecule has 0 radical (unpaired) electrons. The first-order chi connectivity index (χ1) is 6.86. The molecule has 0 bridgehead atoms. The van der Waals surface area contributed by atoms with Crippen molar-refractivity contribution in [1.82, 2.24) is 9.55 Å². The van der Waals surface area contributed by atoms with Gasteiger partial charge in [-0.05, 0) is 18.4 Å². The van der Waals surface area contributed by atoms with Crippen molar-refractivity contribution in [3.8, 4) is 0 Å². The Morgan fingerprint density at radius 1 is 1.36 bits per heavy atom. The predicted molar refractivity (Wildman–Crippen MR) is 54.3 cm³/mol. The van der Waals surface area contributed by atoms with Crippen molar-refractivity contribution in [2.75, 3.05) is 0 Å². The highest BCUT2D eigenvalue weighted by Crippen LogP contribution is 2.21. The largest absolute Gasteiger partial charge is 0.348 e. The van der Waals surface area contributed by atoms with E-state index in [9.17, 15) is 4.79 Å². The highest BCUT2D eigenvalue weighted by molar-refractivity contribution is 5.81. The standard InChI is InChI=1S/C11H10N2O/c14-11-12-7-9-4-1-3-8-5-2-6-13(11)10(8)9/h1,3-4,7H,2,5-6H2. The first-order valence-electron chi connectivity index (χ1n) is 4.84. The number of para-hydroxylation sites is 1. The molecule has 2 heterocycles. The van der Waals surface area contributed by atoms with Crippen molar-refractivity contribution in [2.24, 2.45) is 0 Å². The number of hydrogen-bond acceptors (Lipinski definition) is 2. The maximum Gasteiger partial charge on any atom is 0.348 e. The lowest BCUT2D eigenvalue weighted by Gasteiger charge is -2.17. The van der Waals surface area contributed by atoms with Crippen LogP contribution in [-0.2, 0) is 13.0 Å². The van der Waals surface area contributed by atoms with Crippen molar-refractivity contribution >= 4 is 10.9 Å². The number of rotatable bonds is 0. The maximum atomic E-state index is 11.5. The molecule has 0 spiro atoms. The molecule has 0 amide bonds. The van der Waals surface area contributed by atoms with Crippen LogP contribution in [-0.4, -0.2) is 9.55 Å². The van der Waals surface area contributed by atoms with Gasteiger partial charge in [-0.15, -0.1) is 0 Å². The second kappa shape index (κ2) is 2.67. The summed E-state index contributed by atoms with van der Waals surface area (Å²) in [4.78, 5) is 15.4. The molecule has 3 rings (SSSR count). The van der Waals surface area contributed by atoms with Gasteiger partial charge in [0.1, 0.15) is 0 Å². The first kappa shape index (κ1) is 7.74. The van der Waals surface area contributed by atoms with Gasteiger partial charge in [-0.1, -0.05) is 18.2 Å². The van der Waals surface area contributed by atoms with Gasteiger partial charge >= 0.3 is 5.69 Å². The van der Waals surface area contributed by atoms with Crippen LogP contribution in [0.1, 0.15) is 12.0 Å². The fourth-order valence-corrected chi connectivity index (χ4v) is 2.17. The molecular formula is C11H10N2O. The van der Waals surface area contributed by atoms with Gasteiger partial charge in [-0.3, -0.25) is 4.57 Å². The quantitative estimate of drug-likeness (QED) is 0.622. The normalized spacial score (nSPS) is 14.6. The molecule has 3 nitrogen and oxygen atoms in total. The average Bonchev–Trinajstić information content (AvgIpc) is 2.24.